The van der Waals surface area contributed by atoms with E-state index in [4.69, 9.17) is 9.47 Å². The Labute approximate surface area is 140 Å². The number of aliphatic hydroxyl groups excluding tert-OH is 1. The van der Waals surface area contributed by atoms with Crippen LogP contribution in [0.25, 0.3) is 0 Å². The normalized spacial score (nSPS) is 28.8. The number of hydrogen-bond acceptors (Lipinski definition) is 7. The molecule has 132 valence electrons. The van der Waals surface area contributed by atoms with Gasteiger partial charge in [-0.1, -0.05) is 0 Å². The van der Waals surface area contributed by atoms with Crippen LogP contribution in [0.3, 0.4) is 0 Å². The van der Waals surface area contributed by atoms with Crippen LogP contribution in [0.1, 0.15) is 43.8 Å². The van der Waals surface area contributed by atoms with Crippen molar-refractivity contribution in [2.24, 2.45) is 0 Å². The van der Waals surface area contributed by atoms with Crippen molar-refractivity contribution in [3.63, 3.8) is 0 Å². The van der Waals surface area contributed by atoms with Gasteiger partial charge in [-0.2, -0.15) is 0 Å². The quantitative estimate of drug-likeness (QED) is 0.673. The van der Waals surface area contributed by atoms with Crippen LogP contribution in [0.15, 0.2) is 18.6 Å². The number of ether oxygens (including phenoxy) is 2. The van der Waals surface area contributed by atoms with Crippen molar-refractivity contribution in [2.75, 3.05) is 13.2 Å². The summed E-state index contributed by atoms with van der Waals surface area (Å²) in [7, 11) is 0. The minimum atomic E-state index is -1.50. The molecule has 0 spiro atoms. The summed E-state index contributed by atoms with van der Waals surface area (Å²) in [6.07, 6.45) is 5.94. The lowest BCUT2D eigenvalue weighted by Crippen LogP contribution is -2.58. The number of amides is 1. The molecule has 1 aliphatic carbocycles. The van der Waals surface area contributed by atoms with E-state index in [1.807, 2.05) is 0 Å². The summed E-state index contributed by atoms with van der Waals surface area (Å²) in [5.41, 5.74) is -0.886. The van der Waals surface area contributed by atoms with E-state index in [2.05, 4.69) is 15.3 Å². The molecule has 8 heteroatoms. The fourth-order valence-corrected chi connectivity index (χ4v) is 2.99. The first-order valence-corrected chi connectivity index (χ1v) is 8.27. The zero-order valence-electron chi connectivity index (χ0n) is 13.4. The van der Waals surface area contributed by atoms with E-state index in [0.29, 0.717) is 31.7 Å². The summed E-state index contributed by atoms with van der Waals surface area (Å²) < 4.78 is 11.1. The maximum Gasteiger partial charge on any atom is 0.252 e. The fraction of sp³-hybridized carbons (Fsp3) is 0.688. The van der Waals surface area contributed by atoms with Crippen molar-refractivity contribution < 1.29 is 24.5 Å². The molecule has 0 unspecified atom stereocenters. The predicted molar refractivity (Wildman–Crippen MR) is 82.6 cm³/mol. The molecule has 2 aliphatic rings. The molecule has 1 amide bonds. The van der Waals surface area contributed by atoms with Crippen LogP contribution in [0, 0.1) is 0 Å². The Bertz CT molecular complexity index is 544. The minimum absolute atomic E-state index is 0.0564. The molecule has 1 atom stereocenters. The Morgan fingerprint density at radius 2 is 2.12 bits per heavy atom. The van der Waals surface area contributed by atoms with Crippen molar-refractivity contribution in [1.82, 2.24) is 15.3 Å². The summed E-state index contributed by atoms with van der Waals surface area (Å²) in [6.45, 7) is 1.34. The lowest BCUT2D eigenvalue weighted by molar-refractivity contribution is -0.182. The fourth-order valence-electron chi connectivity index (χ4n) is 2.99. The second-order valence-corrected chi connectivity index (χ2v) is 6.35. The maximum absolute atomic E-state index is 12.3. The monoisotopic (exact) mass is 337 g/mol. The predicted octanol–water partition coefficient (Wildman–Crippen LogP) is 0.0629. The van der Waals surface area contributed by atoms with E-state index in [1.165, 1.54) is 0 Å². The molecular weight excluding hydrogens is 314 g/mol. The highest BCUT2D eigenvalue weighted by molar-refractivity contribution is 5.86. The molecule has 2 heterocycles. The van der Waals surface area contributed by atoms with Crippen molar-refractivity contribution in [1.29, 1.82) is 0 Å². The number of rotatable bonds is 6. The van der Waals surface area contributed by atoms with Gasteiger partial charge in [0.25, 0.3) is 5.91 Å². The molecular formula is C16H23N3O5. The van der Waals surface area contributed by atoms with E-state index in [0.717, 1.165) is 6.42 Å². The van der Waals surface area contributed by atoms with Gasteiger partial charge in [-0.15, -0.1) is 0 Å². The van der Waals surface area contributed by atoms with Crippen molar-refractivity contribution in [2.45, 2.75) is 56.1 Å². The highest BCUT2D eigenvalue weighted by Crippen LogP contribution is 2.33. The Morgan fingerprint density at radius 1 is 1.38 bits per heavy atom. The number of nitrogens with zero attached hydrogens (tertiary/aromatic N) is 2. The molecule has 3 N–H and O–H groups in total. The number of nitrogens with one attached hydrogen (secondary N) is 1. The van der Waals surface area contributed by atoms with Crippen LogP contribution in [0.5, 0.6) is 0 Å². The third kappa shape index (κ3) is 4.07. The molecule has 8 nitrogen and oxygen atoms in total. The molecule has 0 bridgehead atoms. The molecule has 1 aromatic rings. The van der Waals surface area contributed by atoms with Crippen LogP contribution in [-0.4, -0.2) is 57.3 Å². The van der Waals surface area contributed by atoms with Gasteiger partial charge in [-0.05, 0) is 12.8 Å². The summed E-state index contributed by atoms with van der Waals surface area (Å²) >= 11 is 0. The maximum atomic E-state index is 12.3. The van der Waals surface area contributed by atoms with Gasteiger partial charge >= 0.3 is 0 Å². The molecule has 0 aromatic carbocycles. The van der Waals surface area contributed by atoms with Gasteiger partial charge in [0.1, 0.15) is 5.60 Å². The first kappa shape index (κ1) is 17.2. The van der Waals surface area contributed by atoms with Crippen molar-refractivity contribution >= 4 is 5.91 Å². The Kier molecular flexibility index (Phi) is 5.40. The van der Waals surface area contributed by atoms with Gasteiger partial charge in [0.2, 0.25) is 0 Å². The molecule has 1 saturated carbocycles. The highest BCUT2D eigenvalue weighted by Gasteiger charge is 2.48. The molecule has 3 rings (SSSR count). The van der Waals surface area contributed by atoms with Gasteiger partial charge in [0.05, 0.1) is 37.3 Å². The van der Waals surface area contributed by atoms with Crippen molar-refractivity contribution in [3.05, 3.63) is 24.3 Å². The average molecular weight is 337 g/mol. The van der Waals surface area contributed by atoms with Crippen molar-refractivity contribution in [3.8, 4) is 0 Å². The van der Waals surface area contributed by atoms with Gasteiger partial charge in [-0.3, -0.25) is 14.8 Å². The largest absolute Gasteiger partial charge is 0.393 e. The summed E-state index contributed by atoms with van der Waals surface area (Å²) in [5.74, 6) is -0.492. The van der Waals surface area contributed by atoms with Crippen LogP contribution in [0.2, 0.25) is 0 Å². The van der Waals surface area contributed by atoms with E-state index in [1.54, 1.807) is 18.6 Å². The first-order chi connectivity index (χ1) is 11.6. The van der Waals surface area contributed by atoms with E-state index < -0.39 is 23.7 Å². The number of hydrogen-bond donors (Lipinski definition) is 3. The van der Waals surface area contributed by atoms with E-state index >= 15 is 0 Å². The second-order valence-electron chi connectivity index (χ2n) is 6.35. The minimum Gasteiger partial charge on any atom is -0.393 e. The molecule has 24 heavy (non-hydrogen) atoms. The SMILES string of the molecule is O=C(N[C@@H](CCC1OCCCO1)c1cnccn1)C1(O)CC(O)C1. The second kappa shape index (κ2) is 7.52. The van der Waals surface area contributed by atoms with Crippen LogP contribution in [-0.2, 0) is 14.3 Å². The molecule has 1 saturated heterocycles. The molecule has 1 aromatic heterocycles. The number of carbonyl (C=O) groups is 1. The average Bonchev–Trinajstić information content (AvgIpc) is 2.58. The smallest absolute Gasteiger partial charge is 0.252 e. The Balaban J connectivity index is 1.62. The lowest BCUT2D eigenvalue weighted by Gasteiger charge is -2.40. The lowest BCUT2D eigenvalue weighted by atomic mass is 9.76. The number of carbonyl (C=O) groups excluding carboxylic acids is 1. The third-order valence-corrected chi connectivity index (χ3v) is 4.40. The summed E-state index contributed by atoms with van der Waals surface area (Å²) in [6, 6.07) is -0.401. The highest BCUT2D eigenvalue weighted by atomic mass is 16.7. The Hall–Kier alpha value is -1.61. The topological polar surface area (TPSA) is 114 Å². The van der Waals surface area contributed by atoms with E-state index in [-0.39, 0.29) is 19.1 Å². The third-order valence-electron chi connectivity index (χ3n) is 4.40. The zero-order chi connectivity index (χ0) is 17.0. The molecule has 2 fully saturated rings. The summed E-state index contributed by atoms with van der Waals surface area (Å²) in [4.78, 5) is 20.6. The summed E-state index contributed by atoms with van der Waals surface area (Å²) in [5, 5.41) is 22.4. The van der Waals surface area contributed by atoms with Crippen LogP contribution < -0.4 is 5.32 Å². The van der Waals surface area contributed by atoms with Gasteiger partial charge in [-0.25, -0.2) is 0 Å². The van der Waals surface area contributed by atoms with Gasteiger partial charge in [0, 0.05) is 31.7 Å². The number of aromatic nitrogens is 2. The van der Waals surface area contributed by atoms with E-state index in [9.17, 15) is 15.0 Å². The van der Waals surface area contributed by atoms with Crippen LogP contribution in [0.4, 0.5) is 0 Å². The van der Waals surface area contributed by atoms with Crippen LogP contribution >= 0.6 is 0 Å². The van der Waals surface area contributed by atoms with Gasteiger partial charge < -0.3 is 25.0 Å². The Morgan fingerprint density at radius 3 is 2.75 bits per heavy atom. The number of aliphatic hydroxyl groups is 2. The zero-order valence-corrected chi connectivity index (χ0v) is 13.4. The molecule has 1 aliphatic heterocycles. The standard InChI is InChI=1S/C16H23N3O5/c20-11-8-16(22,9-11)15(21)19-12(13-10-17-4-5-18-13)2-3-14-23-6-1-7-24-14/h4-5,10-12,14,20,22H,1-3,6-9H2,(H,19,21)/t11?,12-,16?/m0/s1. The molecule has 0 radical (unpaired) electrons. The first-order valence-electron chi connectivity index (χ1n) is 8.27. The van der Waals surface area contributed by atoms with Gasteiger partial charge in [0.15, 0.2) is 6.29 Å².